The minimum absolute atomic E-state index is 0.0232. The number of amides is 2. The van der Waals surface area contributed by atoms with Crippen LogP contribution in [0, 0.1) is 11.3 Å². The van der Waals surface area contributed by atoms with E-state index in [1.54, 1.807) is 6.92 Å². The second kappa shape index (κ2) is 8.51. The van der Waals surface area contributed by atoms with Crippen LogP contribution >= 0.6 is 0 Å². The lowest BCUT2D eigenvalue weighted by molar-refractivity contribution is -0.148. The van der Waals surface area contributed by atoms with Crippen molar-refractivity contribution in [1.29, 1.82) is 0 Å². The number of aliphatic hydroxyl groups is 1. The average molecular weight is 367 g/mol. The second-order valence-corrected chi connectivity index (χ2v) is 8.78. The summed E-state index contributed by atoms with van der Waals surface area (Å²) in [5, 5.41) is 10.0. The molecule has 0 aromatic carbocycles. The first-order valence-corrected chi connectivity index (χ1v) is 9.94. The summed E-state index contributed by atoms with van der Waals surface area (Å²) in [4.78, 5) is 41.7. The van der Waals surface area contributed by atoms with Crippen LogP contribution in [0.2, 0.25) is 0 Å². The Morgan fingerprint density at radius 1 is 1.12 bits per heavy atom. The van der Waals surface area contributed by atoms with Crippen LogP contribution in [0.4, 0.5) is 0 Å². The third-order valence-corrected chi connectivity index (χ3v) is 5.71. The predicted octanol–water partition coefficient (Wildman–Crippen LogP) is 1.99. The first kappa shape index (κ1) is 20.9. The van der Waals surface area contributed by atoms with Crippen molar-refractivity contribution in [3.05, 3.63) is 0 Å². The number of carbonyl (C=O) groups excluding carboxylic acids is 3. The van der Waals surface area contributed by atoms with Crippen molar-refractivity contribution in [2.45, 2.75) is 78.4 Å². The van der Waals surface area contributed by atoms with Gasteiger partial charge in [-0.3, -0.25) is 14.4 Å². The Hall–Kier alpha value is -1.43. The Kier molecular flexibility index (Phi) is 6.83. The summed E-state index contributed by atoms with van der Waals surface area (Å²) in [6.07, 6.45) is 3.33. The lowest BCUT2D eigenvalue weighted by Crippen LogP contribution is -2.48. The van der Waals surface area contributed by atoms with Crippen molar-refractivity contribution in [3.8, 4) is 0 Å². The number of rotatable bonds is 5. The molecular formula is C20H34N2O4. The van der Waals surface area contributed by atoms with Crippen LogP contribution in [-0.2, 0) is 14.4 Å². The Labute approximate surface area is 156 Å². The van der Waals surface area contributed by atoms with E-state index in [0.717, 1.165) is 32.4 Å². The SMILES string of the molecule is CCC(=O)[C@@H]1C[C@@H](O)CN1C(=O)[C@@H](CC(=O)N1CCCCC1)C(C)(C)C. The first-order chi connectivity index (χ1) is 12.1. The molecule has 2 fully saturated rings. The zero-order valence-electron chi connectivity index (χ0n) is 16.7. The number of hydrogen-bond acceptors (Lipinski definition) is 4. The first-order valence-electron chi connectivity index (χ1n) is 9.94. The van der Waals surface area contributed by atoms with Gasteiger partial charge in [0.05, 0.1) is 18.1 Å². The maximum Gasteiger partial charge on any atom is 0.227 e. The Morgan fingerprint density at radius 2 is 1.73 bits per heavy atom. The fraction of sp³-hybridized carbons (Fsp3) is 0.850. The van der Waals surface area contributed by atoms with Gasteiger partial charge in [-0.05, 0) is 24.7 Å². The highest BCUT2D eigenvalue weighted by Gasteiger charge is 2.44. The van der Waals surface area contributed by atoms with E-state index in [1.165, 1.54) is 4.90 Å². The Morgan fingerprint density at radius 3 is 2.27 bits per heavy atom. The van der Waals surface area contributed by atoms with Crippen LogP contribution in [0.25, 0.3) is 0 Å². The maximum atomic E-state index is 13.3. The lowest BCUT2D eigenvalue weighted by Gasteiger charge is -2.36. The number of likely N-dealkylation sites (tertiary alicyclic amines) is 2. The predicted molar refractivity (Wildman–Crippen MR) is 99.4 cm³/mol. The van der Waals surface area contributed by atoms with Gasteiger partial charge >= 0.3 is 0 Å². The van der Waals surface area contributed by atoms with Gasteiger partial charge in [-0.2, -0.15) is 0 Å². The standard InChI is InChI=1S/C20H34N2O4/c1-5-17(24)16-11-14(23)13-22(16)19(26)15(20(2,3)4)12-18(25)21-9-7-6-8-10-21/h14-16,23H,5-13H2,1-4H3/t14-,15-,16+/m1/s1. The number of β-amino-alcohol motifs (C(OH)–C–C–N with tert-alkyl or cyclic N) is 1. The van der Waals surface area contributed by atoms with Crippen LogP contribution in [0.15, 0.2) is 0 Å². The number of hydrogen-bond donors (Lipinski definition) is 1. The minimum Gasteiger partial charge on any atom is -0.391 e. The van der Waals surface area contributed by atoms with Gasteiger partial charge in [0.15, 0.2) is 5.78 Å². The molecule has 0 unspecified atom stereocenters. The molecule has 2 aliphatic heterocycles. The van der Waals surface area contributed by atoms with E-state index in [1.807, 2.05) is 25.7 Å². The highest BCUT2D eigenvalue weighted by Crippen LogP contribution is 2.34. The quantitative estimate of drug-likeness (QED) is 0.807. The molecule has 1 N–H and O–H groups in total. The van der Waals surface area contributed by atoms with E-state index in [9.17, 15) is 19.5 Å². The van der Waals surface area contributed by atoms with Gasteiger partial charge in [0.25, 0.3) is 0 Å². The van der Waals surface area contributed by atoms with Crippen molar-refractivity contribution < 1.29 is 19.5 Å². The van der Waals surface area contributed by atoms with Crippen LogP contribution < -0.4 is 0 Å². The third-order valence-electron chi connectivity index (χ3n) is 5.71. The van der Waals surface area contributed by atoms with Crippen molar-refractivity contribution in [3.63, 3.8) is 0 Å². The highest BCUT2D eigenvalue weighted by molar-refractivity contribution is 5.92. The number of nitrogens with zero attached hydrogens (tertiary/aromatic N) is 2. The molecule has 0 bridgehead atoms. The second-order valence-electron chi connectivity index (χ2n) is 8.78. The maximum absolute atomic E-state index is 13.3. The molecule has 0 radical (unpaired) electrons. The third kappa shape index (κ3) is 4.84. The summed E-state index contributed by atoms with van der Waals surface area (Å²) in [5.41, 5.74) is -0.393. The molecule has 6 nitrogen and oxygen atoms in total. The summed E-state index contributed by atoms with van der Waals surface area (Å²) in [5.74, 6) is -0.665. The average Bonchev–Trinajstić information content (AvgIpc) is 2.99. The Bertz CT molecular complexity index is 534. The summed E-state index contributed by atoms with van der Waals surface area (Å²) in [7, 11) is 0. The van der Waals surface area contributed by atoms with Crippen molar-refractivity contribution >= 4 is 17.6 Å². The van der Waals surface area contributed by atoms with Crippen molar-refractivity contribution in [2.24, 2.45) is 11.3 Å². The van der Waals surface area contributed by atoms with Crippen LogP contribution in [0.1, 0.15) is 66.2 Å². The summed E-state index contributed by atoms with van der Waals surface area (Å²) >= 11 is 0. The number of aliphatic hydroxyl groups excluding tert-OH is 1. The minimum atomic E-state index is -0.669. The van der Waals surface area contributed by atoms with E-state index in [4.69, 9.17) is 0 Å². The van der Waals surface area contributed by atoms with Gasteiger partial charge in [0.2, 0.25) is 11.8 Å². The molecule has 2 saturated heterocycles. The number of ketones is 1. The molecule has 3 atom stereocenters. The molecule has 2 rings (SSSR count). The van der Waals surface area contributed by atoms with E-state index >= 15 is 0 Å². The smallest absolute Gasteiger partial charge is 0.227 e. The van der Waals surface area contributed by atoms with Crippen LogP contribution in [0.5, 0.6) is 0 Å². The molecule has 148 valence electrons. The zero-order chi connectivity index (χ0) is 19.5. The molecule has 0 saturated carbocycles. The molecule has 26 heavy (non-hydrogen) atoms. The molecule has 0 aliphatic carbocycles. The number of piperidine rings is 1. The van der Waals surface area contributed by atoms with Gasteiger partial charge < -0.3 is 14.9 Å². The molecular weight excluding hydrogens is 332 g/mol. The highest BCUT2D eigenvalue weighted by atomic mass is 16.3. The molecule has 0 aromatic rings. The largest absolute Gasteiger partial charge is 0.391 e. The zero-order valence-corrected chi connectivity index (χ0v) is 16.7. The van der Waals surface area contributed by atoms with Crippen LogP contribution in [-0.4, -0.2) is 64.3 Å². The molecule has 6 heteroatoms. The molecule has 0 spiro atoms. The summed E-state index contributed by atoms with van der Waals surface area (Å²) in [6, 6.07) is -0.558. The fourth-order valence-corrected chi connectivity index (χ4v) is 4.01. The van der Waals surface area contributed by atoms with Gasteiger partial charge in [0.1, 0.15) is 0 Å². The van der Waals surface area contributed by atoms with E-state index in [2.05, 4.69) is 0 Å². The normalized spacial score (nSPS) is 25.3. The van der Waals surface area contributed by atoms with E-state index in [-0.39, 0.29) is 30.6 Å². The van der Waals surface area contributed by atoms with Crippen molar-refractivity contribution in [1.82, 2.24) is 9.80 Å². The number of carbonyl (C=O) groups is 3. The lowest BCUT2D eigenvalue weighted by atomic mass is 9.77. The van der Waals surface area contributed by atoms with Gasteiger partial charge in [-0.1, -0.05) is 27.7 Å². The summed E-state index contributed by atoms with van der Waals surface area (Å²) < 4.78 is 0. The fourth-order valence-electron chi connectivity index (χ4n) is 4.01. The topological polar surface area (TPSA) is 77.9 Å². The molecule has 2 aliphatic rings. The monoisotopic (exact) mass is 366 g/mol. The van der Waals surface area contributed by atoms with Gasteiger partial charge in [-0.15, -0.1) is 0 Å². The van der Waals surface area contributed by atoms with E-state index < -0.39 is 23.5 Å². The molecule has 2 amide bonds. The number of Topliss-reactive ketones (excluding diaryl/α,β-unsaturated/α-hetero) is 1. The molecule has 0 aromatic heterocycles. The summed E-state index contributed by atoms with van der Waals surface area (Å²) in [6.45, 7) is 9.37. The van der Waals surface area contributed by atoms with Crippen molar-refractivity contribution in [2.75, 3.05) is 19.6 Å². The van der Waals surface area contributed by atoms with E-state index in [0.29, 0.717) is 12.8 Å². The van der Waals surface area contributed by atoms with Crippen LogP contribution in [0.3, 0.4) is 0 Å². The van der Waals surface area contributed by atoms with Gasteiger partial charge in [-0.25, -0.2) is 0 Å². The van der Waals surface area contributed by atoms with Gasteiger partial charge in [0, 0.05) is 38.9 Å². The molecule has 2 heterocycles. The Balaban J connectivity index is 2.16.